The molecule has 4 nitrogen and oxygen atoms in total. The lowest BCUT2D eigenvalue weighted by Crippen LogP contribution is -2.34. The van der Waals surface area contributed by atoms with Crippen LogP contribution in [0.25, 0.3) is 0 Å². The highest BCUT2D eigenvalue weighted by atomic mass is 16.5. The first-order chi connectivity index (χ1) is 10.6. The molecule has 1 atom stereocenters. The lowest BCUT2D eigenvalue weighted by atomic mass is 9.87. The average Bonchev–Trinajstić information content (AvgIpc) is 2.55. The lowest BCUT2D eigenvalue weighted by molar-refractivity contribution is 0.290. The number of nitrogens with one attached hydrogen (secondary N) is 1. The predicted octanol–water partition coefficient (Wildman–Crippen LogP) is 3.94. The van der Waals surface area contributed by atoms with Gasteiger partial charge in [0, 0.05) is 12.1 Å². The van der Waals surface area contributed by atoms with E-state index in [1.807, 2.05) is 12.1 Å². The molecule has 0 amide bonds. The molecular formula is C18H29NO3. The summed E-state index contributed by atoms with van der Waals surface area (Å²) in [5.74, 6) is 2.94. The summed E-state index contributed by atoms with van der Waals surface area (Å²) in [6, 6.07) is 4.92. The maximum absolute atomic E-state index is 5.44. The summed E-state index contributed by atoms with van der Waals surface area (Å²) in [6.07, 6.45) is 5.16. The van der Waals surface area contributed by atoms with Crippen molar-refractivity contribution in [2.24, 2.45) is 5.92 Å². The highest BCUT2D eigenvalue weighted by Crippen LogP contribution is 2.40. The topological polar surface area (TPSA) is 39.7 Å². The Morgan fingerprint density at radius 3 is 1.95 bits per heavy atom. The minimum Gasteiger partial charge on any atom is -0.493 e. The molecule has 22 heavy (non-hydrogen) atoms. The zero-order valence-electron chi connectivity index (χ0n) is 14.4. The van der Waals surface area contributed by atoms with E-state index in [0.717, 1.165) is 11.5 Å². The van der Waals surface area contributed by atoms with E-state index >= 15 is 0 Å². The van der Waals surface area contributed by atoms with Crippen molar-refractivity contribution in [3.05, 3.63) is 17.7 Å². The van der Waals surface area contributed by atoms with E-state index in [0.29, 0.717) is 23.3 Å². The zero-order valence-corrected chi connectivity index (χ0v) is 14.4. The molecular weight excluding hydrogens is 278 g/mol. The number of ether oxygens (including phenoxy) is 3. The molecule has 0 radical (unpaired) electrons. The van der Waals surface area contributed by atoms with Gasteiger partial charge in [0.25, 0.3) is 0 Å². The highest BCUT2D eigenvalue weighted by Gasteiger charge is 2.21. The average molecular weight is 307 g/mol. The third kappa shape index (κ3) is 3.86. The molecule has 1 N–H and O–H groups in total. The van der Waals surface area contributed by atoms with E-state index in [2.05, 4.69) is 19.2 Å². The molecule has 0 aliphatic heterocycles. The van der Waals surface area contributed by atoms with Crippen LogP contribution in [-0.2, 0) is 0 Å². The maximum atomic E-state index is 5.44. The van der Waals surface area contributed by atoms with Crippen molar-refractivity contribution in [3.8, 4) is 17.2 Å². The van der Waals surface area contributed by atoms with Gasteiger partial charge in [0.2, 0.25) is 5.75 Å². The van der Waals surface area contributed by atoms with E-state index in [1.165, 1.54) is 25.7 Å². The second-order valence-corrected chi connectivity index (χ2v) is 6.30. The first-order valence-corrected chi connectivity index (χ1v) is 8.15. The Kier molecular flexibility index (Phi) is 5.95. The van der Waals surface area contributed by atoms with E-state index in [1.54, 1.807) is 21.3 Å². The fourth-order valence-corrected chi connectivity index (χ4v) is 3.23. The molecule has 1 aliphatic rings. The van der Waals surface area contributed by atoms with Crippen molar-refractivity contribution in [1.82, 2.24) is 5.32 Å². The van der Waals surface area contributed by atoms with Gasteiger partial charge in [-0.3, -0.25) is 0 Å². The fraction of sp³-hybridized carbons (Fsp3) is 0.667. The molecule has 0 aromatic heterocycles. The minimum absolute atomic E-state index is 0.257. The summed E-state index contributed by atoms with van der Waals surface area (Å²) in [5.41, 5.74) is 1.16. The van der Waals surface area contributed by atoms with Gasteiger partial charge >= 0.3 is 0 Å². The molecule has 2 rings (SSSR count). The molecule has 4 heteroatoms. The summed E-state index contributed by atoms with van der Waals surface area (Å²) in [5, 5.41) is 3.74. The molecule has 124 valence electrons. The molecule has 0 saturated heterocycles. The summed E-state index contributed by atoms with van der Waals surface area (Å²) in [4.78, 5) is 0. The summed E-state index contributed by atoms with van der Waals surface area (Å²) >= 11 is 0. The first-order valence-electron chi connectivity index (χ1n) is 8.15. The Hall–Kier alpha value is -1.42. The third-order valence-electron chi connectivity index (χ3n) is 4.69. The minimum atomic E-state index is 0.257. The zero-order chi connectivity index (χ0) is 16.1. The normalized spacial score (nSPS) is 23.0. The molecule has 0 heterocycles. The lowest BCUT2D eigenvalue weighted by Gasteiger charge is -2.30. The molecule has 0 spiro atoms. The van der Waals surface area contributed by atoms with Crippen LogP contribution in [0, 0.1) is 5.92 Å². The summed E-state index contributed by atoms with van der Waals surface area (Å²) < 4.78 is 16.3. The van der Waals surface area contributed by atoms with Crippen LogP contribution in [0.4, 0.5) is 0 Å². The molecule has 1 saturated carbocycles. The largest absolute Gasteiger partial charge is 0.493 e. The number of hydrogen-bond donors (Lipinski definition) is 1. The van der Waals surface area contributed by atoms with Crippen LogP contribution in [0.2, 0.25) is 0 Å². The quantitative estimate of drug-likeness (QED) is 0.864. The van der Waals surface area contributed by atoms with Gasteiger partial charge in [-0.15, -0.1) is 0 Å². The number of methoxy groups -OCH3 is 3. The SMILES string of the molecule is COc1cc(C(C)NC2CCC(C)CC2)cc(OC)c1OC. The van der Waals surface area contributed by atoms with Crippen molar-refractivity contribution in [2.45, 2.75) is 51.6 Å². The Morgan fingerprint density at radius 1 is 0.955 bits per heavy atom. The highest BCUT2D eigenvalue weighted by molar-refractivity contribution is 5.54. The number of hydrogen-bond acceptors (Lipinski definition) is 4. The Morgan fingerprint density at radius 2 is 1.50 bits per heavy atom. The van der Waals surface area contributed by atoms with Crippen LogP contribution in [0.15, 0.2) is 12.1 Å². The molecule has 1 unspecified atom stereocenters. The molecule has 1 fully saturated rings. The van der Waals surface area contributed by atoms with Gasteiger partial charge < -0.3 is 19.5 Å². The van der Waals surface area contributed by atoms with Crippen LogP contribution < -0.4 is 19.5 Å². The van der Waals surface area contributed by atoms with Crippen molar-refractivity contribution in [1.29, 1.82) is 0 Å². The van der Waals surface area contributed by atoms with Crippen molar-refractivity contribution < 1.29 is 14.2 Å². The van der Waals surface area contributed by atoms with Crippen LogP contribution in [0.5, 0.6) is 17.2 Å². The van der Waals surface area contributed by atoms with E-state index in [9.17, 15) is 0 Å². The van der Waals surface area contributed by atoms with Crippen molar-refractivity contribution >= 4 is 0 Å². The standard InChI is InChI=1S/C18H29NO3/c1-12-6-8-15(9-7-12)19-13(2)14-10-16(20-3)18(22-5)17(11-14)21-4/h10-13,15,19H,6-9H2,1-5H3. The van der Waals surface area contributed by atoms with E-state index in [4.69, 9.17) is 14.2 Å². The number of rotatable bonds is 6. The van der Waals surface area contributed by atoms with Crippen LogP contribution in [0.3, 0.4) is 0 Å². The number of benzene rings is 1. The Bertz CT molecular complexity index is 456. The third-order valence-corrected chi connectivity index (χ3v) is 4.69. The molecule has 1 aromatic carbocycles. The van der Waals surface area contributed by atoms with Crippen molar-refractivity contribution in [2.75, 3.05) is 21.3 Å². The second kappa shape index (κ2) is 7.73. The van der Waals surface area contributed by atoms with E-state index < -0.39 is 0 Å². The monoisotopic (exact) mass is 307 g/mol. The van der Waals surface area contributed by atoms with Crippen molar-refractivity contribution in [3.63, 3.8) is 0 Å². The van der Waals surface area contributed by atoms with Gasteiger partial charge in [0.15, 0.2) is 11.5 Å². The summed E-state index contributed by atoms with van der Waals surface area (Å²) in [7, 11) is 4.94. The van der Waals surface area contributed by atoms with Crippen LogP contribution >= 0.6 is 0 Å². The van der Waals surface area contributed by atoms with Gasteiger partial charge in [-0.25, -0.2) is 0 Å². The van der Waals surface area contributed by atoms with Gasteiger partial charge in [0.05, 0.1) is 21.3 Å². The predicted molar refractivity (Wildman–Crippen MR) is 89.1 cm³/mol. The van der Waals surface area contributed by atoms with E-state index in [-0.39, 0.29) is 6.04 Å². The first kappa shape index (κ1) is 16.9. The Balaban J connectivity index is 2.13. The molecule has 1 aromatic rings. The van der Waals surface area contributed by atoms with Gasteiger partial charge in [-0.1, -0.05) is 6.92 Å². The van der Waals surface area contributed by atoms with Gasteiger partial charge in [-0.2, -0.15) is 0 Å². The Labute approximate surface area is 134 Å². The van der Waals surface area contributed by atoms with Gasteiger partial charge in [0.1, 0.15) is 0 Å². The van der Waals surface area contributed by atoms with Crippen LogP contribution in [0.1, 0.15) is 51.1 Å². The smallest absolute Gasteiger partial charge is 0.203 e. The van der Waals surface area contributed by atoms with Crippen LogP contribution in [-0.4, -0.2) is 27.4 Å². The maximum Gasteiger partial charge on any atom is 0.203 e. The molecule has 1 aliphatic carbocycles. The van der Waals surface area contributed by atoms with Gasteiger partial charge in [-0.05, 0) is 56.2 Å². The molecule has 0 bridgehead atoms. The fourth-order valence-electron chi connectivity index (χ4n) is 3.23. The summed E-state index contributed by atoms with van der Waals surface area (Å²) in [6.45, 7) is 4.54. The second-order valence-electron chi connectivity index (χ2n) is 6.30.